The highest BCUT2D eigenvalue weighted by molar-refractivity contribution is 7.18. The average Bonchev–Trinajstić information content (AvgIpc) is 3.64. The number of aromatic nitrogens is 3. The van der Waals surface area contributed by atoms with Gasteiger partial charge in [-0.25, -0.2) is 9.97 Å². The SMILES string of the molecule is CC(=O)c1sc(N2C(=O)C(=O)/C(=C(/O)c3nc4c(C)cccn4c3C)C2c2ccc(OCc3ccccc3)cc2)nc1C. The van der Waals surface area contributed by atoms with Gasteiger partial charge in [0.05, 0.1) is 27.9 Å². The number of imidazole rings is 1. The molecule has 1 aliphatic heterocycles. The zero-order chi connectivity index (χ0) is 30.4. The number of aliphatic hydroxyl groups excluding tert-OH is 1. The molecule has 1 amide bonds. The number of rotatable bonds is 7. The Morgan fingerprint density at radius 3 is 2.35 bits per heavy atom. The maximum Gasteiger partial charge on any atom is 0.301 e. The third-order valence-electron chi connectivity index (χ3n) is 7.51. The Balaban J connectivity index is 1.47. The van der Waals surface area contributed by atoms with Crippen molar-refractivity contribution in [2.45, 2.75) is 40.3 Å². The molecule has 0 bridgehead atoms. The van der Waals surface area contributed by atoms with Crippen LogP contribution in [0.15, 0.2) is 78.5 Å². The molecule has 5 aromatic rings. The van der Waals surface area contributed by atoms with E-state index in [2.05, 4.69) is 9.97 Å². The fourth-order valence-electron chi connectivity index (χ4n) is 5.32. The Hall–Kier alpha value is -5.09. The standard InChI is InChI=1S/C33H28N4O5S/c1-18-9-8-16-36-20(3)26(35-31(18)36)28(39)25-27(23-12-14-24(15-13-23)42-17-22-10-6-5-7-11-22)37(32(41)29(25)40)33-34-19(2)30(43-33)21(4)38/h5-16,27,39H,17H2,1-4H3/b28-25+. The van der Waals surface area contributed by atoms with Crippen molar-refractivity contribution < 1.29 is 24.2 Å². The van der Waals surface area contributed by atoms with Crippen LogP contribution in [0.2, 0.25) is 0 Å². The molecule has 2 aromatic carbocycles. The second-order valence-corrected chi connectivity index (χ2v) is 11.4. The molecular formula is C33H28N4O5S. The van der Waals surface area contributed by atoms with E-state index >= 15 is 0 Å². The summed E-state index contributed by atoms with van der Waals surface area (Å²) in [5.74, 6) is -1.68. The summed E-state index contributed by atoms with van der Waals surface area (Å²) in [7, 11) is 0. The van der Waals surface area contributed by atoms with Crippen molar-refractivity contribution in [2.24, 2.45) is 0 Å². The van der Waals surface area contributed by atoms with Crippen molar-refractivity contribution in [3.63, 3.8) is 0 Å². The number of ketones is 2. The van der Waals surface area contributed by atoms with E-state index in [9.17, 15) is 19.5 Å². The first-order chi connectivity index (χ1) is 20.7. The van der Waals surface area contributed by atoms with Gasteiger partial charge in [-0.2, -0.15) is 0 Å². The van der Waals surface area contributed by atoms with Gasteiger partial charge in [0.1, 0.15) is 23.7 Å². The van der Waals surface area contributed by atoms with Crippen LogP contribution in [-0.4, -0.2) is 36.9 Å². The Morgan fingerprint density at radius 2 is 1.70 bits per heavy atom. The number of carbonyl (C=O) groups excluding carboxylic acids is 3. The zero-order valence-electron chi connectivity index (χ0n) is 24.0. The molecule has 0 radical (unpaired) electrons. The number of Topliss-reactive ketones (excluding diaryl/α,β-unsaturated/α-hetero) is 2. The minimum atomic E-state index is -1.01. The first-order valence-corrected chi connectivity index (χ1v) is 14.5. The van der Waals surface area contributed by atoms with Gasteiger partial charge < -0.3 is 14.2 Å². The third kappa shape index (κ3) is 4.89. The van der Waals surface area contributed by atoms with Gasteiger partial charge in [0.15, 0.2) is 16.7 Å². The van der Waals surface area contributed by atoms with E-state index in [0.717, 1.165) is 22.5 Å². The van der Waals surface area contributed by atoms with Gasteiger partial charge in [0, 0.05) is 13.1 Å². The van der Waals surface area contributed by atoms with Gasteiger partial charge in [-0.05, 0) is 55.7 Å². The van der Waals surface area contributed by atoms with E-state index < -0.39 is 17.7 Å². The lowest BCUT2D eigenvalue weighted by Gasteiger charge is -2.23. The molecule has 0 saturated carbocycles. The highest BCUT2D eigenvalue weighted by Gasteiger charge is 2.48. The van der Waals surface area contributed by atoms with Gasteiger partial charge in [-0.15, -0.1) is 0 Å². The molecule has 1 aliphatic rings. The maximum atomic E-state index is 13.7. The van der Waals surface area contributed by atoms with Crippen molar-refractivity contribution in [3.8, 4) is 5.75 Å². The first-order valence-electron chi connectivity index (χ1n) is 13.7. The van der Waals surface area contributed by atoms with Crippen LogP contribution in [0, 0.1) is 20.8 Å². The average molecular weight is 593 g/mol. The predicted molar refractivity (Wildman–Crippen MR) is 164 cm³/mol. The van der Waals surface area contributed by atoms with Crippen molar-refractivity contribution in [1.82, 2.24) is 14.4 Å². The normalized spacial score (nSPS) is 16.3. The number of hydrogen-bond acceptors (Lipinski definition) is 8. The third-order valence-corrected chi connectivity index (χ3v) is 8.77. The number of amides is 1. The number of carbonyl (C=O) groups is 3. The van der Waals surface area contributed by atoms with Crippen molar-refractivity contribution in [3.05, 3.63) is 117 Å². The summed E-state index contributed by atoms with van der Waals surface area (Å²) >= 11 is 1.04. The van der Waals surface area contributed by atoms with E-state index in [0.29, 0.717) is 39.8 Å². The number of fused-ring (bicyclic) bond motifs is 1. The maximum absolute atomic E-state index is 13.7. The lowest BCUT2D eigenvalue weighted by molar-refractivity contribution is -0.132. The van der Waals surface area contributed by atoms with Crippen LogP contribution in [0.3, 0.4) is 0 Å². The molecule has 4 heterocycles. The Morgan fingerprint density at radius 1 is 0.977 bits per heavy atom. The summed E-state index contributed by atoms with van der Waals surface area (Å²) in [5, 5.41) is 11.9. The van der Waals surface area contributed by atoms with Gasteiger partial charge in [-0.3, -0.25) is 19.3 Å². The minimum Gasteiger partial charge on any atom is -0.505 e. The molecule has 9 nitrogen and oxygen atoms in total. The van der Waals surface area contributed by atoms with Gasteiger partial charge >= 0.3 is 5.91 Å². The van der Waals surface area contributed by atoms with Crippen LogP contribution in [0.25, 0.3) is 11.4 Å². The van der Waals surface area contributed by atoms with E-state index in [1.54, 1.807) is 38.1 Å². The van der Waals surface area contributed by atoms with Crippen LogP contribution in [0.4, 0.5) is 5.13 Å². The highest BCUT2D eigenvalue weighted by atomic mass is 32.1. The number of nitrogens with zero attached hydrogens (tertiary/aromatic N) is 4. The number of thiazole rings is 1. The van der Waals surface area contributed by atoms with E-state index in [4.69, 9.17) is 4.74 Å². The number of benzene rings is 2. The second-order valence-electron chi connectivity index (χ2n) is 10.4. The van der Waals surface area contributed by atoms with Crippen LogP contribution < -0.4 is 9.64 Å². The molecule has 1 saturated heterocycles. The molecular weight excluding hydrogens is 564 g/mol. The van der Waals surface area contributed by atoms with E-state index in [-0.39, 0.29) is 27.9 Å². The predicted octanol–water partition coefficient (Wildman–Crippen LogP) is 6.12. The zero-order valence-corrected chi connectivity index (χ0v) is 24.8. The van der Waals surface area contributed by atoms with Crippen molar-refractivity contribution >= 4 is 45.3 Å². The van der Waals surface area contributed by atoms with Crippen LogP contribution in [-0.2, 0) is 16.2 Å². The Bertz CT molecular complexity index is 1940. The molecule has 1 fully saturated rings. The van der Waals surface area contributed by atoms with Gasteiger partial charge in [0.2, 0.25) is 0 Å². The molecule has 10 heteroatoms. The summed E-state index contributed by atoms with van der Waals surface area (Å²) in [6.07, 6.45) is 1.83. The van der Waals surface area contributed by atoms with Crippen LogP contribution >= 0.6 is 11.3 Å². The molecule has 0 aliphatic carbocycles. The quantitative estimate of drug-likeness (QED) is 0.105. The molecule has 43 heavy (non-hydrogen) atoms. The molecule has 1 unspecified atom stereocenters. The van der Waals surface area contributed by atoms with Crippen LogP contribution in [0.5, 0.6) is 5.75 Å². The lowest BCUT2D eigenvalue weighted by atomic mass is 9.96. The largest absolute Gasteiger partial charge is 0.505 e. The summed E-state index contributed by atoms with van der Waals surface area (Å²) < 4.78 is 7.77. The number of anilines is 1. The highest BCUT2D eigenvalue weighted by Crippen LogP contribution is 2.44. The molecule has 216 valence electrons. The first kappa shape index (κ1) is 28.0. The smallest absolute Gasteiger partial charge is 0.301 e. The summed E-state index contributed by atoms with van der Waals surface area (Å²) in [5.41, 5.74) is 4.28. The van der Waals surface area contributed by atoms with Crippen molar-refractivity contribution in [2.75, 3.05) is 4.90 Å². The molecule has 3 aromatic heterocycles. The molecule has 1 N–H and O–H groups in total. The number of hydrogen-bond donors (Lipinski definition) is 1. The molecule has 6 rings (SSSR count). The number of ether oxygens (including phenoxy) is 1. The number of aliphatic hydroxyl groups is 1. The second kappa shape index (κ2) is 11.0. The molecule has 1 atom stereocenters. The fourth-order valence-corrected chi connectivity index (χ4v) is 6.31. The Labute approximate surface area is 251 Å². The monoisotopic (exact) mass is 592 g/mol. The lowest BCUT2D eigenvalue weighted by Crippen LogP contribution is -2.29. The van der Waals surface area contributed by atoms with E-state index in [1.165, 1.54) is 11.8 Å². The van der Waals surface area contributed by atoms with E-state index in [1.807, 2.05) is 60.0 Å². The summed E-state index contributed by atoms with van der Waals surface area (Å²) in [4.78, 5) is 50.3. The van der Waals surface area contributed by atoms with Crippen molar-refractivity contribution in [1.29, 1.82) is 0 Å². The minimum absolute atomic E-state index is 0.107. The topological polar surface area (TPSA) is 114 Å². The van der Waals surface area contributed by atoms with Crippen LogP contribution in [0.1, 0.15) is 56.4 Å². The fraction of sp³-hybridized carbons (Fsp3) is 0.182. The number of pyridine rings is 1. The molecule has 0 spiro atoms. The summed E-state index contributed by atoms with van der Waals surface area (Å²) in [6.45, 7) is 7.18. The van der Waals surface area contributed by atoms with Gasteiger partial charge in [0.25, 0.3) is 5.78 Å². The Kier molecular flexibility index (Phi) is 7.15. The van der Waals surface area contributed by atoms with Gasteiger partial charge in [-0.1, -0.05) is 59.9 Å². The number of aryl methyl sites for hydroxylation is 3. The summed E-state index contributed by atoms with van der Waals surface area (Å²) in [6, 6.07) is 19.5.